The number of nitrogens with one attached hydrogen (secondary N) is 1. The highest BCUT2D eigenvalue weighted by molar-refractivity contribution is 5.82. The first kappa shape index (κ1) is 18.9. The number of amides is 1. The van der Waals surface area contributed by atoms with Gasteiger partial charge in [-0.1, -0.05) is 20.8 Å². The van der Waals surface area contributed by atoms with Crippen molar-refractivity contribution >= 4 is 5.91 Å². The van der Waals surface area contributed by atoms with E-state index in [4.69, 9.17) is 5.73 Å². The van der Waals surface area contributed by atoms with E-state index in [1.807, 2.05) is 0 Å². The zero-order chi connectivity index (χ0) is 17.2. The third-order valence-electron chi connectivity index (χ3n) is 4.31. The molecule has 0 radical (unpaired) electrons. The van der Waals surface area contributed by atoms with E-state index in [1.165, 1.54) is 0 Å². The SMILES string of the molecule is CC(C)(C)CC(N)C(=O)NC1(C#N)CCN(C(C)(C)C)CC1. The van der Waals surface area contributed by atoms with Crippen LogP contribution in [0.3, 0.4) is 0 Å². The summed E-state index contributed by atoms with van der Waals surface area (Å²) in [6.07, 6.45) is 1.90. The molecule has 0 spiro atoms. The summed E-state index contributed by atoms with van der Waals surface area (Å²) in [6, 6.07) is 1.76. The first-order valence-corrected chi connectivity index (χ1v) is 8.12. The Hall–Kier alpha value is -1.12. The van der Waals surface area contributed by atoms with Gasteiger partial charge in [0.2, 0.25) is 5.91 Å². The number of nitrogens with zero attached hydrogens (tertiary/aromatic N) is 2. The highest BCUT2D eigenvalue weighted by atomic mass is 16.2. The molecule has 1 unspecified atom stereocenters. The summed E-state index contributed by atoms with van der Waals surface area (Å²) in [4.78, 5) is 14.7. The summed E-state index contributed by atoms with van der Waals surface area (Å²) in [5.74, 6) is -0.208. The van der Waals surface area contributed by atoms with E-state index >= 15 is 0 Å². The van der Waals surface area contributed by atoms with Crippen LogP contribution in [0.1, 0.15) is 60.8 Å². The van der Waals surface area contributed by atoms with Crippen LogP contribution in [0.15, 0.2) is 0 Å². The molecule has 1 rings (SSSR count). The van der Waals surface area contributed by atoms with Gasteiger partial charge in [0.15, 0.2) is 0 Å². The fraction of sp³-hybridized carbons (Fsp3) is 0.882. The number of hydrogen-bond donors (Lipinski definition) is 2. The second-order valence-corrected chi connectivity index (χ2v) is 8.71. The first-order valence-electron chi connectivity index (χ1n) is 8.12. The lowest BCUT2D eigenvalue weighted by Gasteiger charge is -2.44. The molecular formula is C17H32N4O. The van der Waals surface area contributed by atoms with E-state index in [9.17, 15) is 10.1 Å². The Bertz CT molecular complexity index is 431. The summed E-state index contributed by atoms with van der Waals surface area (Å²) >= 11 is 0. The van der Waals surface area contributed by atoms with Crippen molar-refractivity contribution in [3.8, 4) is 6.07 Å². The predicted molar refractivity (Wildman–Crippen MR) is 89.1 cm³/mol. The Morgan fingerprint density at radius 2 is 1.77 bits per heavy atom. The summed E-state index contributed by atoms with van der Waals surface area (Å²) < 4.78 is 0. The van der Waals surface area contributed by atoms with E-state index in [0.717, 1.165) is 13.1 Å². The maximum absolute atomic E-state index is 12.3. The molecule has 5 nitrogen and oxygen atoms in total. The Morgan fingerprint density at radius 1 is 1.27 bits per heavy atom. The number of carbonyl (C=O) groups is 1. The van der Waals surface area contributed by atoms with Crippen molar-refractivity contribution in [1.82, 2.24) is 10.2 Å². The maximum atomic E-state index is 12.3. The third-order valence-corrected chi connectivity index (χ3v) is 4.31. The lowest BCUT2D eigenvalue weighted by Crippen LogP contribution is -2.60. The molecule has 1 aliphatic rings. The highest BCUT2D eigenvalue weighted by Crippen LogP contribution is 2.27. The molecule has 3 N–H and O–H groups in total. The number of nitrogens with two attached hydrogens (primary N) is 1. The van der Waals surface area contributed by atoms with Gasteiger partial charge in [-0.25, -0.2) is 0 Å². The van der Waals surface area contributed by atoms with Gasteiger partial charge in [0.25, 0.3) is 0 Å². The quantitative estimate of drug-likeness (QED) is 0.835. The van der Waals surface area contributed by atoms with Gasteiger partial charge in [0.05, 0.1) is 12.1 Å². The molecule has 126 valence electrons. The lowest BCUT2D eigenvalue weighted by atomic mass is 9.85. The number of likely N-dealkylation sites (tertiary alicyclic amines) is 1. The van der Waals surface area contributed by atoms with Crippen molar-refractivity contribution in [3.05, 3.63) is 0 Å². The van der Waals surface area contributed by atoms with Crippen molar-refractivity contribution in [2.45, 2.75) is 77.9 Å². The van der Waals surface area contributed by atoms with Gasteiger partial charge < -0.3 is 11.1 Å². The zero-order valence-electron chi connectivity index (χ0n) is 15.0. The largest absolute Gasteiger partial charge is 0.336 e. The van der Waals surface area contributed by atoms with E-state index in [2.05, 4.69) is 57.8 Å². The molecule has 1 atom stereocenters. The fourth-order valence-corrected chi connectivity index (χ4v) is 2.90. The first-order chi connectivity index (χ1) is 9.88. The van der Waals surface area contributed by atoms with Gasteiger partial charge in [-0.15, -0.1) is 0 Å². The number of carbonyl (C=O) groups excluding carboxylic acids is 1. The topological polar surface area (TPSA) is 82.1 Å². The van der Waals surface area contributed by atoms with Crippen LogP contribution in [-0.4, -0.2) is 41.0 Å². The van der Waals surface area contributed by atoms with E-state index in [-0.39, 0.29) is 16.9 Å². The molecule has 0 bridgehead atoms. The van der Waals surface area contributed by atoms with Gasteiger partial charge in [0, 0.05) is 18.6 Å². The van der Waals surface area contributed by atoms with Gasteiger partial charge in [-0.2, -0.15) is 5.26 Å². The van der Waals surface area contributed by atoms with Crippen LogP contribution in [0, 0.1) is 16.7 Å². The minimum atomic E-state index is -0.770. The molecule has 0 aromatic rings. The van der Waals surface area contributed by atoms with Crippen LogP contribution in [0.5, 0.6) is 0 Å². The molecule has 1 aliphatic heterocycles. The molecular weight excluding hydrogens is 276 g/mol. The Balaban J connectivity index is 2.67. The summed E-state index contributed by atoms with van der Waals surface area (Å²) in [5, 5.41) is 12.5. The van der Waals surface area contributed by atoms with Crippen molar-refractivity contribution in [2.75, 3.05) is 13.1 Å². The van der Waals surface area contributed by atoms with Gasteiger partial charge in [-0.05, 0) is 45.4 Å². The average molecular weight is 308 g/mol. The summed E-state index contributed by atoms with van der Waals surface area (Å²) in [5.41, 5.74) is 5.31. The predicted octanol–water partition coefficient (Wildman–Crippen LogP) is 2.02. The molecule has 5 heteroatoms. The van der Waals surface area contributed by atoms with Crippen LogP contribution < -0.4 is 11.1 Å². The van der Waals surface area contributed by atoms with Crippen molar-refractivity contribution in [3.63, 3.8) is 0 Å². The minimum absolute atomic E-state index is 0.00778. The lowest BCUT2D eigenvalue weighted by molar-refractivity contribution is -0.125. The normalized spacial score (nSPS) is 21.0. The molecule has 1 saturated heterocycles. The van der Waals surface area contributed by atoms with E-state index < -0.39 is 11.6 Å². The van der Waals surface area contributed by atoms with Crippen molar-refractivity contribution < 1.29 is 4.79 Å². The molecule has 0 aliphatic carbocycles. The number of rotatable bonds is 3. The molecule has 0 saturated carbocycles. The molecule has 0 aromatic heterocycles. The molecule has 1 fully saturated rings. The molecule has 22 heavy (non-hydrogen) atoms. The van der Waals surface area contributed by atoms with E-state index in [1.54, 1.807) is 0 Å². The van der Waals surface area contributed by atoms with Gasteiger partial charge in [0.1, 0.15) is 5.54 Å². The van der Waals surface area contributed by atoms with E-state index in [0.29, 0.717) is 19.3 Å². The monoisotopic (exact) mass is 308 g/mol. The fourth-order valence-electron chi connectivity index (χ4n) is 2.90. The number of piperidine rings is 1. The minimum Gasteiger partial charge on any atom is -0.336 e. The second kappa shape index (κ2) is 6.55. The second-order valence-electron chi connectivity index (χ2n) is 8.71. The van der Waals surface area contributed by atoms with Gasteiger partial charge >= 0.3 is 0 Å². The third kappa shape index (κ3) is 5.26. The van der Waals surface area contributed by atoms with Gasteiger partial charge in [-0.3, -0.25) is 9.69 Å². The standard InChI is InChI=1S/C17H32N4O/c1-15(2,3)11-13(19)14(22)20-17(12-18)7-9-21(10-8-17)16(4,5)6/h13H,7-11,19H2,1-6H3,(H,20,22). The van der Waals surface area contributed by atoms with Crippen molar-refractivity contribution in [2.24, 2.45) is 11.1 Å². The van der Waals surface area contributed by atoms with Crippen LogP contribution in [-0.2, 0) is 4.79 Å². The summed E-state index contributed by atoms with van der Waals surface area (Å²) in [6.45, 7) is 14.3. The number of nitriles is 1. The average Bonchev–Trinajstić information content (AvgIpc) is 2.36. The maximum Gasteiger partial charge on any atom is 0.238 e. The highest BCUT2D eigenvalue weighted by Gasteiger charge is 2.39. The Kier molecular flexibility index (Phi) is 5.64. The molecule has 0 aromatic carbocycles. The van der Waals surface area contributed by atoms with Crippen LogP contribution in [0.4, 0.5) is 0 Å². The van der Waals surface area contributed by atoms with Crippen molar-refractivity contribution in [1.29, 1.82) is 5.26 Å². The number of hydrogen-bond acceptors (Lipinski definition) is 4. The smallest absolute Gasteiger partial charge is 0.238 e. The zero-order valence-corrected chi connectivity index (χ0v) is 15.0. The Morgan fingerprint density at radius 3 is 2.14 bits per heavy atom. The summed E-state index contributed by atoms with van der Waals surface area (Å²) in [7, 11) is 0. The van der Waals surface area contributed by atoms with Crippen LogP contribution in [0.25, 0.3) is 0 Å². The molecule has 1 heterocycles. The van der Waals surface area contributed by atoms with Crippen LogP contribution >= 0.6 is 0 Å². The molecule has 1 amide bonds. The Labute approximate surface area is 135 Å². The van der Waals surface area contributed by atoms with Crippen LogP contribution in [0.2, 0.25) is 0 Å².